The third-order valence-electron chi connectivity index (χ3n) is 5.42. The number of aromatic amines is 1. The zero-order chi connectivity index (χ0) is 19.9. The lowest BCUT2D eigenvalue weighted by Crippen LogP contribution is -2.47. The minimum Gasteiger partial charge on any atom is -0.394 e. The van der Waals surface area contributed by atoms with E-state index in [-0.39, 0.29) is 11.9 Å². The van der Waals surface area contributed by atoms with E-state index in [2.05, 4.69) is 20.6 Å². The van der Waals surface area contributed by atoms with Crippen molar-refractivity contribution in [1.82, 2.24) is 25.5 Å². The number of amides is 1. The maximum atomic E-state index is 13.1. The SMILES string of the molecule is CCN(C(=O)c1cc2ncccc2[nH]1)C1CCCC(NC/C(C=N)=C/NC)C1. The van der Waals surface area contributed by atoms with Crippen LogP contribution in [0, 0.1) is 5.41 Å². The van der Waals surface area contributed by atoms with Crippen molar-refractivity contribution in [3.8, 4) is 0 Å². The number of fused-ring (bicyclic) bond motifs is 1. The molecule has 3 rings (SSSR count). The van der Waals surface area contributed by atoms with E-state index in [9.17, 15) is 4.79 Å². The van der Waals surface area contributed by atoms with Gasteiger partial charge >= 0.3 is 0 Å². The average molecular weight is 383 g/mol. The second kappa shape index (κ2) is 9.50. The van der Waals surface area contributed by atoms with Crippen molar-refractivity contribution in [3.05, 3.63) is 41.9 Å². The molecule has 7 heteroatoms. The summed E-state index contributed by atoms with van der Waals surface area (Å²) in [5.41, 5.74) is 3.23. The smallest absolute Gasteiger partial charge is 0.270 e. The Bertz CT molecular complexity index is 809. The lowest BCUT2D eigenvalue weighted by molar-refractivity contribution is 0.0624. The first-order valence-corrected chi connectivity index (χ1v) is 10.0. The molecule has 2 aromatic heterocycles. The number of nitrogens with one attached hydrogen (secondary N) is 4. The highest BCUT2D eigenvalue weighted by Gasteiger charge is 2.30. The van der Waals surface area contributed by atoms with Crippen LogP contribution in [0.15, 0.2) is 36.2 Å². The van der Waals surface area contributed by atoms with Gasteiger partial charge in [0.25, 0.3) is 5.91 Å². The molecule has 0 aromatic carbocycles. The van der Waals surface area contributed by atoms with Crippen LogP contribution in [0.4, 0.5) is 0 Å². The van der Waals surface area contributed by atoms with Crippen LogP contribution < -0.4 is 10.6 Å². The molecule has 2 heterocycles. The lowest BCUT2D eigenvalue weighted by atomic mass is 9.89. The van der Waals surface area contributed by atoms with Crippen LogP contribution in [-0.2, 0) is 0 Å². The Balaban J connectivity index is 1.66. The van der Waals surface area contributed by atoms with E-state index in [1.165, 1.54) is 6.21 Å². The van der Waals surface area contributed by atoms with Gasteiger partial charge in [-0.25, -0.2) is 0 Å². The molecule has 1 amide bonds. The first kappa shape index (κ1) is 20.1. The maximum absolute atomic E-state index is 13.1. The Morgan fingerprint density at radius 3 is 3.04 bits per heavy atom. The normalized spacial score (nSPS) is 20.1. The number of pyridine rings is 1. The summed E-state index contributed by atoms with van der Waals surface area (Å²) in [7, 11) is 1.84. The van der Waals surface area contributed by atoms with Gasteiger partial charge in [-0.2, -0.15) is 0 Å². The van der Waals surface area contributed by atoms with E-state index in [0.717, 1.165) is 42.3 Å². The van der Waals surface area contributed by atoms with Gasteiger partial charge in [0.1, 0.15) is 5.69 Å². The molecule has 0 aliphatic heterocycles. The van der Waals surface area contributed by atoms with Crippen LogP contribution in [-0.4, -0.2) is 59.2 Å². The zero-order valence-corrected chi connectivity index (χ0v) is 16.7. The van der Waals surface area contributed by atoms with Gasteiger partial charge in [-0.15, -0.1) is 0 Å². The van der Waals surface area contributed by atoms with Gasteiger partial charge in [-0.05, 0) is 56.4 Å². The van der Waals surface area contributed by atoms with Crippen LogP contribution >= 0.6 is 0 Å². The first-order chi connectivity index (χ1) is 13.7. The van der Waals surface area contributed by atoms with Crippen molar-refractivity contribution in [2.45, 2.75) is 44.7 Å². The number of carbonyl (C=O) groups is 1. The second-order valence-corrected chi connectivity index (χ2v) is 7.26. The van der Waals surface area contributed by atoms with Crippen LogP contribution in [0.25, 0.3) is 11.0 Å². The number of carbonyl (C=O) groups excluding carboxylic acids is 1. The second-order valence-electron chi connectivity index (χ2n) is 7.26. The molecular formula is C21H30N6O. The predicted molar refractivity (Wildman–Crippen MR) is 113 cm³/mol. The van der Waals surface area contributed by atoms with Crippen molar-refractivity contribution in [1.29, 1.82) is 5.41 Å². The quantitative estimate of drug-likeness (QED) is 0.528. The summed E-state index contributed by atoms with van der Waals surface area (Å²) in [5, 5.41) is 14.0. The molecule has 7 nitrogen and oxygen atoms in total. The average Bonchev–Trinajstić information content (AvgIpc) is 3.16. The number of hydrogen-bond donors (Lipinski definition) is 4. The van der Waals surface area contributed by atoms with Crippen molar-refractivity contribution in [2.24, 2.45) is 0 Å². The summed E-state index contributed by atoms with van der Waals surface area (Å²) in [4.78, 5) is 22.7. The van der Waals surface area contributed by atoms with Crippen LogP contribution in [0.3, 0.4) is 0 Å². The Hall–Kier alpha value is -2.67. The number of aromatic nitrogens is 2. The Morgan fingerprint density at radius 1 is 1.46 bits per heavy atom. The molecular weight excluding hydrogens is 352 g/mol. The monoisotopic (exact) mass is 382 g/mol. The Labute approximate surface area is 166 Å². The molecule has 0 radical (unpaired) electrons. The number of hydrogen-bond acceptors (Lipinski definition) is 5. The van der Waals surface area contributed by atoms with E-state index in [1.54, 1.807) is 6.20 Å². The van der Waals surface area contributed by atoms with Gasteiger partial charge in [0, 0.05) is 50.8 Å². The van der Waals surface area contributed by atoms with E-state index < -0.39 is 0 Å². The molecule has 0 spiro atoms. The highest BCUT2D eigenvalue weighted by atomic mass is 16.2. The fraction of sp³-hybridized carbons (Fsp3) is 0.476. The standard InChI is InChI=1S/C21H30N6O/c1-3-27(21(28)20-11-19-18(26-20)8-5-9-24-19)17-7-4-6-16(10-17)25-14-15(12-22)13-23-2/h5,8-9,11-13,16-17,22-23,25-26H,3-4,6-7,10,14H2,1-2H3/b15-13+,22-12?. The molecule has 150 valence electrons. The van der Waals surface area contributed by atoms with E-state index in [1.807, 2.05) is 43.3 Å². The number of rotatable bonds is 8. The van der Waals surface area contributed by atoms with Crippen LogP contribution in [0.1, 0.15) is 43.1 Å². The molecule has 2 atom stereocenters. The molecule has 2 aromatic rings. The molecule has 4 N–H and O–H groups in total. The van der Waals surface area contributed by atoms with Gasteiger partial charge in [0.05, 0.1) is 11.0 Å². The van der Waals surface area contributed by atoms with Crippen molar-refractivity contribution in [3.63, 3.8) is 0 Å². The molecule has 0 saturated heterocycles. The fourth-order valence-corrected chi connectivity index (χ4v) is 4.02. The van der Waals surface area contributed by atoms with Crippen LogP contribution in [0.2, 0.25) is 0 Å². The van der Waals surface area contributed by atoms with Gasteiger partial charge < -0.3 is 25.9 Å². The van der Waals surface area contributed by atoms with E-state index >= 15 is 0 Å². The molecule has 1 aliphatic carbocycles. The number of H-pyrrole nitrogens is 1. The topological polar surface area (TPSA) is 96.9 Å². The van der Waals surface area contributed by atoms with E-state index in [4.69, 9.17) is 5.41 Å². The summed E-state index contributed by atoms with van der Waals surface area (Å²) in [6.07, 6.45) is 9.11. The Kier molecular flexibility index (Phi) is 6.81. The lowest BCUT2D eigenvalue weighted by Gasteiger charge is -2.37. The molecule has 0 bridgehead atoms. The molecule has 1 saturated carbocycles. The zero-order valence-electron chi connectivity index (χ0n) is 16.7. The summed E-state index contributed by atoms with van der Waals surface area (Å²) in [6.45, 7) is 3.39. The van der Waals surface area contributed by atoms with Crippen LogP contribution in [0.5, 0.6) is 0 Å². The molecule has 1 aliphatic rings. The minimum absolute atomic E-state index is 0.0430. The largest absolute Gasteiger partial charge is 0.394 e. The summed E-state index contributed by atoms with van der Waals surface area (Å²) < 4.78 is 0. The summed E-state index contributed by atoms with van der Waals surface area (Å²) in [6, 6.07) is 6.23. The first-order valence-electron chi connectivity index (χ1n) is 10.0. The van der Waals surface area contributed by atoms with Gasteiger partial charge in [-0.3, -0.25) is 9.78 Å². The minimum atomic E-state index is 0.0430. The third-order valence-corrected chi connectivity index (χ3v) is 5.42. The number of nitrogens with zero attached hydrogens (tertiary/aromatic N) is 2. The van der Waals surface area contributed by atoms with Gasteiger partial charge in [-0.1, -0.05) is 0 Å². The highest BCUT2D eigenvalue weighted by molar-refractivity contribution is 5.97. The van der Waals surface area contributed by atoms with E-state index in [0.29, 0.717) is 24.8 Å². The van der Waals surface area contributed by atoms with Gasteiger partial charge in [0.15, 0.2) is 0 Å². The molecule has 28 heavy (non-hydrogen) atoms. The maximum Gasteiger partial charge on any atom is 0.270 e. The van der Waals surface area contributed by atoms with Gasteiger partial charge in [0.2, 0.25) is 0 Å². The molecule has 2 unspecified atom stereocenters. The summed E-state index contributed by atoms with van der Waals surface area (Å²) >= 11 is 0. The van der Waals surface area contributed by atoms with Crippen molar-refractivity contribution < 1.29 is 4.79 Å². The Morgan fingerprint density at radius 2 is 2.32 bits per heavy atom. The van der Waals surface area contributed by atoms with Crippen molar-refractivity contribution >= 4 is 23.2 Å². The highest BCUT2D eigenvalue weighted by Crippen LogP contribution is 2.25. The molecule has 1 fully saturated rings. The van der Waals surface area contributed by atoms with Crippen molar-refractivity contribution in [2.75, 3.05) is 20.1 Å². The summed E-state index contributed by atoms with van der Waals surface area (Å²) in [5.74, 6) is 0.0430. The predicted octanol–water partition coefficient (Wildman–Crippen LogP) is 2.68. The fourth-order valence-electron chi connectivity index (χ4n) is 4.02. The third kappa shape index (κ3) is 4.59.